The van der Waals surface area contributed by atoms with E-state index in [1.54, 1.807) is 37.3 Å². The lowest BCUT2D eigenvalue weighted by Crippen LogP contribution is -2.36. The molecule has 9 heteroatoms. The average Bonchev–Trinajstić information content (AvgIpc) is 3.06. The SMILES string of the molecule is CCOC(=O)CC(c1ccc(C)c(CN2C[C@@H](CC)Oc3ccccc3S2(=O)=O)c1)c1cc(CCN(C)C)c(F)cc1C. The first kappa shape index (κ1) is 32.6. The molecule has 2 atom stereocenters. The van der Waals surface area contributed by atoms with Gasteiger partial charge in [-0.3, -0.25) is 4.79 Å². The number of benzene rings is 3. The number of sulfonamides is 1. The zero-order valence-corrected chi connectivity index (χ0v) is 26.8. The van der Waals surface area contributed by atoms with E-state index >= 15 is 0 Å². The summed E-state index contributed by atoms with van der Waals surface area (Å²) in [6.07, 6.45) is 0.977. The maximum atomic E-state index is 15.0. The Morgan fingerprint density at radius 1 is 1.07 bits per heavy atom. The number of halogens is 1. The lowest BCUT2D eigenvalue weighted by molar-refractivity contribution is -0.143. The Morgan fingerprint density at radius 2 is 1.81 bits per heavy atom. The van der Waals surface area contributed by atoms with Crippen molar-refractivity contribution in [3.05, 3.63) is 93.8 Å². The summed E-state index contributed by atoms with van der Waals surface area (Å²) < 4.78 is 55.6. The number of ether oxygens (including phenoxy) is 2. The van der Waals surface area contributed by atoms with Gasteiger partial charge < -0.3 is 14.4 Å². The molecule has 0 N–H and O–H groups in total. The van der Waals surface area contributed by atoms with E-state index in [2.05, 4.69) is 0 Å². The van der Waals surface area contributed by atoms with E-state index in [0.717, 1.165) is 27.8 Å². The van der Waals surface area contributed by atoms with Crippen molar-refractivity contribution >= 4 is 16.0 Å². The van der Waals surface area contributed by atoms with Crippen molar-refractivity contribution in [1.29, 1.82) is 0 Å². The van der Waals surface area contributed by atoms with Crippen LogP contribution in [0.4, 0.5) is 4.39 Å². The normalized spacial score (nSPS) is 17.2. The van der Waals surface area contributed by atoms with Crippen molar-refractivity contribution < 1.29 is 27.1 Å². The first-order chi connectivity index (χ1) is 20.4. The third-order valence-corrected chi connectivity index (χ3v) is 9.91. The number of hydrogen-bond donors (Lipinski definition) is 0. The highest BCUT2D eigenvalue weighted by Gasteiger charge is 2.34. The van der Waals surface area contributed by atoms with E-state index in [4.69, 9.17) is 9.47 Å². The van der Waals surface area contributed by atoms with Gasteiger partial charge in [0.05, 0.1) is 19.6 Å². The molecule has 3 aromatic carbocycles. The molecule has 0 fully saturated rings. The molecule has 0 radical (unpaired) electrons. The van der Waals surface area contributed by atoms with Gasteiger partial charge in [0.15, 0.2) is 0 Å². The van der Waals surface area contributed by atoms with Gasteiger partial charge in [0.2, 0.25) is 10.0 Å². The quantitative estimate of drug-likeness (QED) is 0.248. The van der Waals surface area contributed by atoms with Crippen LogP contribution >= 0.6 is 0 Å². The number of nitrogens with zero attached hydrogens (tertiary/aromatic N) is 2. The lowest BCUT2D eigenvalue weighted by Gasteiger charge is -2.25. The van der Waals surface area contributed by atoms with Crippen LogP contribution in [0.25, 0.3) is 0 Å². The molecule has 1 aliphatic rings. The van der Waals surface area contributed by atoms with Crippen LogP contribution in [0.1, 0.15) is 66.0 Å². The minimum absolute atomic E-state index is 0.0804. The van der Waals surface area contributed by atoms with Crippen LogP contribution in [0.5, 0.6) is 5.75 Å². The highest BCUT2D eigenvalue weighted by molar-refractivity contribution is 7.89. The highest BCUT2D eigenvalue weighted by atomic mass is 32.2. The Balaban J connectivity index is 1.76. The number of hydrogen-bond acceptors (Lipinski definition) is 6. The fourth-order valence-corrected chi connectivity index (χ4v) is 7.08. The second-order valence-electron chi connectivity index (χ2n) is 11.5. The number of aryl methyl sites for hydroxylation is 2. The van der Waals surface area contributed by atoms with Crippen LogP contribution in [0.3, 0.4) is 0 Å². The van der Waals surface area contributed by atoms with Crippen molar-refractivity contribution in [2.24, 2.45) is 0 Å². The fraction of sp³-hybridized carbons (Fsp3) is 0.441. The first-order valence-corrected chi connectivity index (χ1v) is 16.3. The Labute approximate surface area is 255 Å². The molecule has 0 aliphatic carbocycles. The molecule has 0 spiro atoms. The number of esters is 1. The predicted octanol–water partition coefficient (Wildman–Crippen LogP) is 5.99. The van der Waals surface area contributed by atoms with Gasteiger partial charge in [0.1, 0.15) is 22.6 Å². The zero-order valence-electron chi connectivity index (χ0n) is 26.0. The third-order valence-electron chi connectivity index (χ3n) is 8.06. The maximum Gasteiger partial charge on any atom is 0.306 e. The van der Waals surface area contributed by atoms with Crippen LogP contribution in [0, 0.1) is 19.7 Å². The Morgan fingerprint density at radius 3 is 2.51 bits per heavy atom. The van der Waals surface area contributed by atoms with Crippen LogP contribution < -0.4 is 4.74 Å². The Bertz CT molecular complexity index is 1560. The van der Waals surface area contributed by atoms with Gasteiger partial charge in [-0.25, -0.2) is 12.8 Å². The van der Waals surface area contributed by atoms with E-state index in [0.29, 0.717) is 30.7 Å². The van der Waals surface area contributed by atoms with Gasteiger partial charge in [0.25, 0.3) is 0 Å². The van der Waals surface area contributed by atoms with Gasteiger partial charge in [-0.05, 0) is 99.3 Å². The summed E-state index contributed by atoms with van der Waals surface area (Å²) >= 11 is 0. The number of fused-ring (bicyclic) bond motifs is 1. The predicted molar refractivity (Wildman–Crippen MR) is 166 cm³/mol. The van der Waals surface area contributed by atoms with E-state index in [-0.39, 0.29) is 48.9 Å². The second kappa shape index (κ2) is 14.0. The number of carbonyl (C=O) groups is 1. The molecule has 4 rings (SSSR count). The largest absolute Gasteiger partial charge is 0.488 e. The van der Waals surface area contributed by atoms with Crippen LogP contribution in [-0.4, -0.2) is 63.5 Å². The van der Waals surface area contributed by atoms with Gasteiger partial charge in [-0.2, -0.15) is 4.31 Å². The third kappa shape index (κ3) is 7.63. The van der Waals surface area contributed by atoms with Gasteiger partial charge in [-0.1, -0.05) is 43.3 Å². The molecule has 1 aliphatic heterocycles. The standard InChI is InChI=1S/C34H43FN2O5S/c1-7-28-22-37(43(39,40)33-12-10-9-11-32(33)42-28)21-27-18-25(14-13-23(27)3)30(20-34(38)41-8-2)29-19-26(15-16-36(5)6)31(35)17-24(29)4/h9-14,17-19,28,30H,7-8,15-16,20-22H2,1-6H3/t28-,30?/m1/s1. The summed E-state index contributed by atoms with van der Waals surface area (Å²) in [7, 11) is 0.0627. The summed E-state index contributed by atoms with van der Waals surface area (Å²) in [5.41, 5.74) is 4.80. The summed E-state index contributed by atoms with van der Waals surface area (Å²) in [5, 5.41) is 0. The van der Waals surface area contributed by atoms with Crippen LogP contribution in [0.15, 0.2) is 59.5 Å². The number of para-hydroxylation sites is 1. The van der Waals surface area contributed by atoms with Gasteiger partial charge in [0, 0.05) is 19.0 Å². The Kier molecular flexibility index (Phi) is 10.6. The van der Waals surface area contributed by atoms with Crippen LogP contribution in [-0.2, 0) is 32.5 Å². The molecule has 1 unspecified atom stereocenters. The average molecular weight is 611 g/mol. The van der Waals surface area contributed by atoms with Crippen molar-refractivity contribution in [2.75, 3.05) is 33.8 Å². The molecular weight excluding hydrogens is 567 g/mol. The monoisotopic (exact) mass is 610 g/mol. The second-order valence-corrected chi connectivity index (χ2v) is 13.4. The molecule has 232 valence electrons. The molecular formula is C34H43FN2O5S. The van der Waals surface area contributed by atoms with Crippen molar-refractivity contribution in [2.45, 2.75) is 70.4 Å². The van der Waals surface area contributed by atoms with Crippen molar-refractivity contribution in [3.63, 3.8) is 0 Å². The number of likely N-dealkylation sites (N-methyl/N-ethyl adjacent to an activating group) is 1. The molecule has 43 heavy (non-hydrogen) atoms. The Hall–Kier alpha value is -3.27. The summed E-state index contributed by atoms with van der Waals surface area (Å²) in [5.74, 6) is -0.635. The topological polar surface area (TPSA) is 76.1 Å². The lowest BCUT2D eigenvalue weighted by atomic mass is 9.83. The molecule has 1 heterocycles. The summed E-state index contributed by atoms with van der Waals surface area (Å²) in [6, 6.07) is 16.1. The van der Waals surface area contributed by atoms with Gasteiger partial charge in [-0.15, -0.1) is 0 Å². The zero-order chi connectivity index (χ0) is 31.3. The molecule has 0 saturated heterocycles. The molecule has 0 aromatic heterocycles. The molecule has 0 bridgehead atoms. The van der Waals surface area contributed by atoms with E-state index < -0.39 is 15.9 Å². The minimum Gasteiger partial charge on any atom is -0.488 e. The molecule has 0 saturated carbocycles. The molecule has 7 nitrogen and oxygen atoms in total. The maximum absolute atomic E-state index is 15.0. The van der Waals surface area contributed by atoms with E-state index in [9.17, 15) is 17.6 Å². The molecule has 3 aromatic rings. The van der Waals surface area contributed by atoms with Crippen molar-refractivity contribution in [3.8, 4) is 5.75 Å². The van der Waals surface area contributed by atoms with Gasteiger partial charge >= 0.3 is 5.97 Å². The summed E-state index contributed by atoms with van der Waals surface area (Å²) in [6.45, 7) is 8.87. The first-order valence-electron chi connectivity index (χ1n) is 14.9. The van der Waals surface area contributed by atoms with E-state index in [1.165, 1.54) is 4.31 Å². The van der Waals surface area contributed by atoms with E-state index in [1.807, 2.05) is 64.0 Å². The number of rotatable bonds is 11. The van der Waals surface area contributed by atoms with Crippen molar-refractivity contribution in [1.82, 2.24) is 9.21 Å². The smallest absolute Gasteiger partial charge is 0.306 e. The van der Waals surface area contributed by atoms with Crippen LogP contribution in [0.2, 0.25) is 0 Å². The minimum atomic E-state index is -3.83. The highest BCUT2D eigenvalue weighted by Crippen LogP contribution is 2.36. The molecule has 0 amide bonds. The fourth-order valence-electron chi connectivity index (χ4n) is 5.51. The number of carbonyl (C=O) groups excluding carboxylic acids is 1. The summed E-state index contributed by atoms with van der Waals surface area (Å²) in [4.78, 5) is 15.0.